The first-order valence-electron chi connectivity index (χ1n) is 9.31. The van der Waals surface area contributed by atoms with E-state index in [0.29, 0.717) is 24.6 Å². The number of piperidine rings is 1. The monoisotopic (exact) mass is 360 g/mol. The number of rotatable bonds is 4. The molecule has 140 valence electrons. The molecule has 2 bridgehead atoms. The molecule has 5 rings (SSSR count). The highest BCUT2D eigenvalue weighted by atomic mass is 16.2. The number of carbonyl (C=O) groups excluding carboxylic acids is 2. The molecular formula is C18H24N4O4. The Labute approximate surface area is 150 Å². The molecule has 26 heavy (non-hydrogen) atoms. The number of nitrogens with one attached hydrogen (secondary N) is 1. The van der Waals surface area contributed by atoms with Crippen molar-refractivity contribution in [3.05, 3.63) is 32.6 Å². The predicted molar refractivity (Wildman–Crippen MR) is 93.6 cm³/mol. The van der Waals surface area contributed by atoms with E-state index in [9.17, 15) is 19.2 Å². The molecule has 2 atom stereocenters. The lowest BCUT2D eigenvalue weighted by Gasteiger charge is -2.36. The van der Waals surface area contributed by atoms with Crippen molar-refractivity contribution < 1.29 is 9.59 Å². The Morgan fingerprint density at radius 3 is 2.65 bits per heavy atom. The molecule has 3 aliphatic heterocycles. The molecule has 1 aliphatic carbocycles. The van der Waals surface area contributed by atoms with E-state index in [4.69, 9.17) is 0 Å². The summed E-state index contributed by atoms with van der Waals surface area (Å²) >= 11 is 0. The number of aromatic nitrogens is 2. The number of hydrogen-bond donors (Lipinski definition) is 1. The molecule has 0 aromatic carbocycles. The van der Waals surface area contributed by atoms with Crippen LogP contribution in [0.25, 0.3) is 0 Å². The average molecular weight is 360 g/mol. The molecule has 1 N–H and O–H groups in total. The molecule has 3 saturated heterocycles. The van der Waals surface area contributed by atoms with Crippen molar-refractivity contribution >= 4 is 11.8 Å². The number of aromatic amines is 1. The van der Waals surface area contributed by atoms with Crippen molar-refractivity contribution in [1.29, 1.82) is 0 Å². The number of carbonyl (C=O) groups is 2. The SMILES string of the molecule is Cc1cn(CC(=O)N2C[C@@H]3CC[C@H](C2)N(CC2CC2)C3=O)c(=O)[nH]c1=O. The molecular weight excluding hydrogens is 336 g/mol. The molecule has 0 unspecified atom stereocenters. The van der Waals surface area contributed by atoms with E-state index in [2.05, 4.69) is 4.98 Å². The third-order valence-corrected chi connectivity index (χ3v) is 5.79. The minimum absolute atomic E-state index is 0.0832. The van der Waals surface area contributed by atoms with Crippen LogP contribution < -0.4 is 11.2 Å². The molecule has 1 aromatic rings. The van der Waals surface area contributed by atoms with E-state index in [-0.39, 0.29) is 30.3 Å². The zero-order chi connectivity index (χ0) is 18.4. The highest BCUT2D eigenvalue weighted by Gasteiger charge is 2.43. The Morgan fingerprint density at radius 1 is 1.15 bits per heavy atom. The van der Waals surface area contributed by atoms with Crippen LogP contribution in [0.3, 0.4) is 0 Å². The zero-order valence-electron chi connectivity index (χ0n) is 14.9. The first-order valence-corrected chi connectivity index (χ1v) is 9.31. The molecule has 8 nitrogen and oxygen atoms in total. The van der Waals surface area contributed by atoms with Crippen LogP contribution in [0.15, 0.2) is 15.8 Å². The van der Waals surface area contributed by atoms with E-state index >= 15 is 0 Å². The van der Waals surface area contributed by atoms with Gasteiger partial charge in [0.05, 0.1) is 5.92 Å². The topological polar surface area (TPSA) is 95.5 Å². The van der Waals surface area contributed by atoms with Crippen molar-refractivity contribution in [3.8, 4) is 0 Å². The second-order valence-corrected chi connectivity index (χ2v) is 7.86. The van der Waals surface area contributed by atoms with Gasteiger partial charge < -0.3 is 9.80 Å². The first-order chi connectivity index (χ1) is 12.4. The second kappa shape index (κ2) is 6.41. The molecule has 4 fully saturated rings. The number of hydrogen-bond acceptors (Lipinski definition) is 4. The Kier molecular flexibility index (Phi) is 4.20. The fourth-order valence-electron chi connectivity index (χ4n) is 4.04. The summed E-state index contributed by atoms with van der Waals surface area (Å²) < 4.78 is 1.23. The maximum Gasteiger partial charge on any atom is 0.328 e. The summed E-state index contributed by atoms with van der Waals surface area (Å²) in [7, 11) is 0. The molecule has 2 amide bonds. The van der Waals surface area contributed by atoms with Gasteiger partial charge in [-0.3, -0.25) is 23.9 Å². The maximum atomic E-state index is 12.8. The van der Waals surface area contributed by atoms with Gasteiger partial charge in [-0.05, 0) is 38.5 Å². The van der Waals surface area contributed by atoms with Gasteiger partial charge in [0, 0.05) is 37.4 Å². The van der Waals surface area contributed by atoms with Crippen LogP contribution in [0.2, 0.25) is 0 Å². The lowest BCUT2D eigenvalue weighted by atomic mass is 9.94. The standard InChI is InChI=1S/C18H24N4O4/c1-11-6-21(18(26)19-16(11)24)10-15(23)20-8-13-4-5-14(9-20)22(17(13)25)7-12-2-3-12/h6,12-14H,2-5,7-10H2,1H3,(H,19,24,26)/t13-,14+/m0/s1. The van der Waals surface area contributed by atoms with Crippen molar-refractivity contribution in [2.75, 3.05) is 19.6 Å². The molecule has 4 heterocycles. The molecule has 0 radical (unpaired) electrons. The lowest BCUT2D eigenvalue weighted by Crippen LogP contribution is -2.49. The lowest BCUT2D eigenvalue weighted by molar-refractivity contribution is -0.140. The molecule has 8 heteroatoms. The Morgan fingerprint density at radius 2 is 1.92 bits per heavy atom. The van der Waals surface area contributed by atoms with Gasteiger partial charge in [0.1, 0.15) is 6.54 Å². The Bertz CT molecular complexity index is 853. The molecule has 1 saturated carbocycles. The van der Waals surface area contributed by atoms with Crippen LogP contribution in [0.4, 0.5) is 0 Å². The number of fused-ring (bicyclic) bond motifs is 4. The first kappa shape index (κ1) is 17.1. The normalized spacial score (nSPS) is 25.5. The van der Waals surface area contributed by atoms with Crippen molar-refractivity contribution in [1.82, 2.24) is 19.4 Å². The molecule has 4 aliphatic rings. The van der Waals surface area contributed by atoms with Crippen LogP contribution in [-0.4, -0.2) is 56.8 Å². The smallest absolute Gasteiger partial charge is 0.328 e. The summed E-state index contributed by atoms with van der Waals surface area (Å²) in [6, 6.07) is 0.0832. The summed E-state index contributed by atoms with van der Waals surface area (Å²) in [6.07, 6.45) is 5.56. The van der Waals surface area contributed by atoms with Crippen molar-refractivity contribution in [3.63, 3.8) is 0 Å². The fraction of sp³-hybridized carbons (Fsp3) is 0.667. The third-order valence-electron chi connectivity index (χ3n) is 5.79. The minimum Gasteiger partial charge on any atom is -0.338 e. The molecule has 0 spiro atoms. The summed E-state index contributed by atoms with van der Waals surface area (Å²) in [5.74, 6) is 0.493. The number of amides is 2. The van der Waals surface area contributed by atoms with Gasteiger partial charge in [-0.25, -0.2) is 4.79 Å². The third kappa shape index (κ3) is 3.20. The van der Waals surface area contributed by atoms with Gasteiger partial charge in [0.2, 0.25) is 11.8 Å². The maximum absolute atomic E-state index is 12.8. The summed E-state index contributed by atoms with van der Waals surface area (Å²) in [6.45, 7) is 3.25. The average Bonchev–Trinajstić information content (AvgIpc) is 3.43. The highest BCUT2D eigenvalue weighted by molar-refractivity contribution is 5.83. The van der Waals surface area contributed by atoms with E-state index < -0.39 is 11.2 Å². The van der Waals surface area contributed by atoms with E-state index in [1.807, 2.05) is 4.90 Å². The Hall–Kier alpha value is -2.38. The number of nitrogens with zero attached hydrogens (tertiary/aromatic N) is 3. The van der Waals surface area contributed by atoms with Gasteiger partial charge in [-0.15, -0.1) is 0 Å². The van der Waals surface area contributed by atoms with Gasteiger partial charge in [0.15, 0.2) is 0 Å². The van der Waals surface area contributed by atoms with Gasteiger partial charge >= 0.3 is 5.69 Å². The van der Waals surface area contributed by atoms with Crippen LogP contribution in [0.1, 0.15) is 31.2 Å². The quantitative estimate of drug-likeness (QED) is 0.798. The fourth-order valence-corrected chi connectivity index (χ4v) is 4.04. The van der Waals surface area contributed by atoms with Gasteiger partial charge in [0.25, 0.3) is 5.56 Å². The Balaban J connectivity index is 1.50. The van der Waals surface area contributed by atoms with E-state index in [0.717, 1.165) is 19.4 Å². The van der Waals surface area contributed by atoms with Crippen LogP contribution in [-0.2, 0) is 16.1 Å². The number of H-pyrrole nitrogens is 1. The van der Waals surface area contributed by atoms with Crippen LogP contribution >= 0.6 is 0 Å². The predicted octanol–water partition coefficient (Wildman–Crippen LogP) is -0.296. The number of aryl methyl sites for hydroxylation is 1. The largest absolute Gasteiger partial charge is 0.338 e. The minimum atomic E-state index is -0.585. The highest BCUT2D eigenvalue weighted by Crippen LogP contribution is 2.35. The second-order valence-electron chi connectivity index (χ2n) is 7.86. The van der Waals surface area contributed by atoms with E-state index in [1.165, 1.54) is 23.6 Å². The summed E-state index contributed by atoms with van der Waals surface area (Å²) in [5.41, 5.74) is -0.634. The molecule has 1 aromatic heterocycles. The summed E-state index contributed by atoms with van der Waals surface area (Å²) in [4.78, 5) is 54.8. The van der Waals surface area contributed by atoms with Crippen LogP contribution in [0.5, 0.6) is 0 Å². The van der Waals surface area contributed by atoms with Gasteiger partial charge in [-0.2, -0.15) is 0 Å². The van der Waals surface area contributed by atoms with Gasteiger partial charge in [-0.1, -0.05) is 0 Å². The van der Waals surface area contributed by atoms with Crippen molar-refractivity contribution in [2.45, 2.75) is 45.2 Å². The van der Waals surface area contributed by atoms with Crippen LogP contribution in [0, 0.1) is 18.8 Å². The van der Waals surface area contributed by atoms with Crippen molar-refractivity contribution in [2.24, 2.45) is 11.8 Å². The van der Waals surface area contributed by atoms with E-state index in [1.54, 1.807) is 11.8 Å². The zero-order valence-corrected chi connectivity index (χ0v) is 14.9. The summed E-state index contributed by atoms with van der Waals surface area (Å²) in [5, 5.41) is 0.